The summed E-state index contributed by atoms with van der Waals surface area (Å²) < 4.78 is 25.9. The molecule has 0 fully saturated rings. The summed E-state index contributed by atoms with van der Waals surface area (Å²) in [6, 6.07) is 38.6. The minimum atomic E-state index is -1.24. The largest absolute Gasteiger partial charge is 0.496 e. The molecule has 5 aromatic carbocycles. The third kappa shape index (κ3) is 5.66. The van der Waals surface area contributed by atoms with Gasteiger partial charge in [-0.1, -0.05) is 103 Å². The Morgan fingerprint density at radius 3 is 2.24 bits per heavy atom. The van der Waals surface area contributed by atoms with Gasteiger partial charge in [0.05, 0.1) is 36.4 Å². The molecule has 0 aromatic heterocycles. The summed E-state index contributed by atoms with van der Waals surface area (Å²) in [7, 11) is 0.465. The van der Waals surface area contributed by atoms with Crippen molar-refractivity contribution in [3.05, 3.63) is 132 Å². The van der Waals surface area contributed by atoms with E-state index in [4.69, 9.17) is 9.47 Å². The van der Waals surface area contributed by atoms with Crippen LogP contribution in [0.1, 0.15) is 22.8 Å². The Bertz CT molecular complexity index is 1510. The monoisotopic (exact) mass is 506 g/mol. The van der Waals surface area contributed by atoms with Crippen LogP contribution in [-0.4, -0.2) is 17.1 Å². The second-order valence-corrected chi connectivity index (χ2v) is 10.6. The first kappa shape index (κ1) is 24.9. The summed E-state index contributed by atoms with van der Waals surface area (Å²) >= 11 is 0. The Morgan fingerprint density at radius 1 is 0.757 bits per heavy atom. The van der Waals surface area contributed by atoms with E-state index in [2.05, 4.69) is 30.3 Å². The highest BCUT2D eigenvalue weighted by Crippen LogP contribution is 2.41. The van der Waals surface area contributed by atoms with E-state index in [-0.39, 0.29) is 6.10 Å². The van der Waals surface area contributed by atoms with E-state index in [1.807, 2.05) is 91.9 Å². The topological polar surface area (TPSA) is 35.5 Å². The molecule has 5 aromatic rings. The third-order valence-corrected chi connectivity index (χ3v) is 7.97. The first-order valence-corrected chi connectivity index (χ1v) is 13.7. The molecular formula is C33H30O3S. The average molecular weight is 507 g/mol. The van der Waals surface area contributed by atoms with Crippen LogP contribution in [0.25, 0.3) is 21.9 Å². The normalized spacial score (nSPS) is 12.8. The number of aryl methyl sites for hydroxylation is 1. The number of methoxy groups -OCH3 is 1. The van der Waals surface area contributed by atoms with Crippen LogP contribution in [0.15, 0.2) is 120 Å². The smallest absolute Gasteiger partial charge is 0.127 e. The minimum Gasteiger partial charge on any atom is -0.496 e. The second kappa shape index (κ2) is 11.5. The molecule has 2 atom stereocenters. The van der Waals surface area contributed by atoms with Gasteiger partial charge in [0.2, 0.25) is 0 Å². The van der Waals surface area contributed by atoms with Crippen LogP contribution < -0.4 is 4.74 Å². The summed E-state index contributed by atoms with van der Waals surface area (Å²) in [5.41, 5.74) is 5.26. The lowest BCUT2D eigenvalue weighted by Gasteiger charge is -2.23. The van der Waals surface area contributed by atoms with E-state index < -0.39 is 10.8 Å². The summed E-state index contributed by atoms with van der Waals surface area (Å²) in [6.07, 6.45) is -0.387. The van der Waals surface area contributed by atoms with Crippen LogP contribution in [0, 0.1) is 6.92 Å². The molecule has 0 aliphatic heterocycles. The molecule has 37 heavy (non-hydrogen) atoms. The summed E-state index contributed by atoms with van der Waals surface area (Å²) in [4.78, 5) is 0.805. The van der Waals surface area contributed by atoms with Crippen molar-refractivity contribution in [2.75, 3.05) is 12.9 Å². The number of fused-ring (bicyclic) bond motifs is 1. The molecule has 0 saturated carbocycles. The third-order valence-electron chi connectivity index (χ3n) is 6.57. The van der Waals surface area contributed by atoms with Gasteiger partial charge in [0.25, 0.3) is 0 Å². The zero-order chi connectivity index (χ0) is 25.6. The molecule has 0 aliphatic carbocycles. The Balaban J connectivity index is 1.59. The zero-order valence-corrected chi connectivity index (χ0v) is 21.9. The van der Waals surface area contributed by atoms with Gasteiger partial charge < -0.3 is 9.47 Å². The maximum Gasteiger partial charge on any atom is 0.127 e. The maximum atomic E-state index is 13.5. The molecule has 0 saturated heterocycles. The molecule has 0 radical (unpaired) electrons. The van der Waals surface area contributed by atoms with Gasteiger partial charge in [-0.3, -0.25) is 4.21 Å². The molecule has 0 unspecified atom stereocenters. The number of rotatable bonds is 9. The summed E-state index contributed by atoms with van der Waals surface area (Å²) in [5.74, 6) is 1.15. The Labute approximate surface area is 221 Å². The van der Waals surface area contributed by atoms with Crippen molar-refractivity contribution in [1.29, 1.82) is 0 Å². The molecule has 0 bridgehead atoms. The van der Waals surface area contributed by atoms with Gasteiger partial charge in [-0.15, -0.1) is 0 Å². The van der Waals surface area contributed by atoms with Gasteiger partial charge in [-0.2, -0.15) is 0 Å². The van der Waals surface area contributed by atoms with Gasteiger partial charge in [0.15, 0.2) is 0 Å². The molecule has 0 spiro atoms. The lowest BCUT2D eigenvalue weighted by atomic mass is 9.92. The molecular weight excluding hydrogens is 476 g/mol. The first-order valence-electron chi connectivity index (χ1n) is 12.4. The zero-order valence-electron chi connectivity index (χ0n) is 21.1. The van der Waals surface area contributed by atoms with Crippen molar-refractivity contribution in [2.24, 2.45) is 0 Å². The highest BCUT2D eigenvalue weighted by atomic mass is 32.2. The molecule has 0 heterocycles. The lowest BCUT2D eigenvalue weighted by Crippen LogP contribution is -2.15. The fourth-order valence-corrected chi connectivity index (χ4v) is 5.81. The molecule has 3 nitrogen and oxygen atoms in total. The highest BCUT2D eigenvalue weighted by molar-refractivity contribution is 7.85. The summed E-state index contributed by atoms with van der Waals surface area (Å²) in [6.45, 7) is 2.46. The van der Waals surface area contributed by atoms with Crippen molar-refractivity contribution in [3.63, 3.8) is 0 Å². The standard InChI is InChI=1S/C33H30O3S/c1-24-16-19-27(20-17-24)37(34)23-32(36-22-25-10-4-3-5-11-25)29-14-8-9-15-30(29)33-28-13-7-6-12-26(28)18-21-31(33)35-2/h3-21,32H,22-23H2,1-2H3/t32-,37+/m0/s1. The lowest BCUT2D eigenvalue weighted by molar-refractivity contribution is 0.0555. The van der Waals surface area contributed by atoms with E-state index in [9.17, 15) is 4.21 Å². The van der Waals surface area contributed by atoms with E-state index in [0.29, 0.717) is 12.4 Å². The van der Waals surface area contributed by atoms with Gasteiger partial charge >= 0.3 is 0 Å². The SMILES string of the molecule is COc1ccc2ccccc2c1-c1ccccc1[C@H](C[S@@](=O)c1ccc(C)cc1)OCc1ccccc1. The number of hydrogen-bond acceptors (Lipinski definition) is 3. The van der Waals surface area contributed by atoms with Crippen LogP contribution in [0.2, 0.25) is 0 Å². The minimum absolute atomic E-state index is 0.347. The number of hydrogen-bond donors (Lipinski definition) is 0. The van der Waals surface area contributed by atoms with Crippen LogP contribution in [0.5, 0.6) is 5.75 Å². The number of benzene rings is 5. The molecule has 0 amide bonds. The van der Waals surface area contributed by atoms with Gasteiger partial charge in [-0.05, 0) is 52.6 Å². The Hall–Kier alpha value is -3.73. The highest BCUT2D eigenvalue weighted by Gasteiger charge is 2.23. The molecule has 4 heteroatoms. The molecule has 0 aliphatic rings. The van der Waals surface area contributed by atoms with Crippen LogP contribution in [-0.2, 0) is 22.1 Å². The number of ether oxygens (including phenoxy) is 2. The summed E-state index contributed by atoms with van der Waals surface area (Å²) in [5, 5.41) is 2.24. The Morgan fingerprint density at radius 2 is 1.46 bits per heavy atom. The Kier molecular flexibility index (Phi) is 7.79. The second-order valence-electron chi connectivity index (χ2n) is 9.06. The van der Waals surface area contributed by atoms with Crippen molar-refractivity contribution >= 4 is 21.6 Å². The van der Waals surface area contributed by atoms with Crippen LogP contribution in [0.4, 0.5) is 0 Å². The van der Waals surface area contributed by atoms with Gasteiger partial charge in [0.1, 0.15) is 5.75 Å². The van der Waals surface area contributed by atoms with Gasteiger partial charge in [0, 0.05) is 10.5 Å². The van der Waals surface area contributed by atoms with Crippen molar-refractivity contribution in [1.82, 2.24) is 0 Å². The van der Waals surface area contributed by atoms with Crippen molar-refractivity contribution < 1.29 is 13.7 Å². The molecule has 5 rings (SSSR count). The molecule has 186 valence electrons. The van der Waals surface area contributed by atoms with E-state index in [1.54, 1.807) is 7.11 Å². The fourth-order valence-electron chi connectivity index (χ4n) is 4.63. The van der Waals surface area contributed by atoms with Crippen molar-refractivity contribution in [3.8, 4) is 16.9 Å². The van der Waals surface area contributed by atoms with E-state index in [1.165, 1.54) is 0 Å². The average Bonchev–Trinajstić information content (AvgIpc) is 2.95. The predicted octanol–water partition coefficient (Wildman–Crippen LogP) is 7.89. The quantitative estimate of drug-likeness (QED) is 0.204. The van der Waals surface area contributed by atoms with Crippen LogP contribution in [0.3, 0.4) is 0 Å². The predicted molar refractivity (Wildman–Crippen MR) is 152 cm³/mol. The maximum absolute atomic E-state index is 13.5. The van der Waals surface area contributed by atoms with Crippen molar-refractivity contribution in [2.45, 2.75) is 24.5 Å². The molecule has 0 N–H and O–H groups in total. The first-order chi connectivity index (χ1) is 18.1. The van der Waals surface area contributed by atoms with E-state index in [0.717, 1.165) is 49.2 Å². The fraction of sp³-hybridized carbons (Fsp3) is 0.152. The van der Waals surface area contributed by atoms with E-state index >= 15 is 0 Å². The van der Waals surface area contributed by atoms with Gasteiger partial charge in [-0.25, -0.2) is 0 Å². The van der Waals surface area contributed by atoms with Crippen LogP contribution >= 0.6 is 0 Å².